The van der Waals surface area contributed by atoms with Gasteiger partial charge in [-0.3, -0.25) is 9.36 Å². The van der Waals surface area contributed by atoms with E-state index in [0.29, 0.717) is 17.7 Å². The zero-order valence-electron chi connectivity index (χ0n) is 21.7. The zero-order valence-corrected chi connectivity index (χ0v) is 23.3. The average molecular weight is 648 g/mol. The molecule has 0 spiro atoms. The molecule has 0 saturated carbocycles. The van der Waals surface area contributed by atoms with E-state index >= 15 is 0 Å². The number of rotatable bonds is 6. The Kier molecular flexibility index (Phi) is 7.21. The number of nitrogens with zero attached hydrogens (tertiary/aromatic N) is 3. The Labute approximate surface area is 240 Å². The molecule has 0 bridgehead atoms. The molecule has 0 atom stereocenters. The number of alkyl halides is 6. The van der Waals surface area contributed by atoms with E-state index in [2.05, 4.69) is 9.71 Å². The molecule has 3 aromatic carbocycles. The van der Waals surface area contributed by atoms with E-state index < -0.39 is 67.6 Å². The molecule has 1 aliphatic rings. The number of carbonyl (C=O) groups excluding carboxylic acids is 1. The Bertz CT molecular complexity index is 1970. The van der Waals surface area contributed by atoms with Crippen molar-refractivity contribution >= 4 is 42.9 Å². The third-order valence-electron chi connectivity index (χ3n) is 6.51. The van der Waals surface area contributed by atoms with Crippen LogP contribution in [0.1, 0.15) is 22.5 Å². The summed E-state index contributed by atoms with van der Waals surface area (Å²) in [6, 6.07) is 9.59. The van der Waals surface area contributed by atoms with Crippen molar-refractivity contribution in [1.29, 1.82) is 0 Å². The van der Waals surface area contributed by atoms with Crippen LogP contribution in [-0.2, 0) is 43.9 Å². The van der Waals surface area contributed by atoms with E-state index in [1.165, 1.54) is 22.8 Å². The van der Waals surface area contributed by atoms with E-state index in [9.17, 15) is 48.0 Å². The van der Waals surface area contributed by atoms with Crippen LogP contribution in [0.4, 0.5) is 32.0 Å². The molecule has 1 aromatic heterocycles. The minimum atomic E-state index is -4.72. The zero-order chi connectivity index (χ0) is 31.5. The topological polar surface area (TPSA) is 130 Å². The molecular formula is C25H19F6N5O5S2. The van der Waals surface area contributed by atoms with Gasteiger partial charge in [0.2, 0.25) is 10.0 Å². The predicted octanol–water partition coefficient (Wildman–Crippen LogP) is 4.03. The molecular weight excluding hydrogens is 628 g/mol. The maximum Gasteiger partial charge on any atom is 0.416 e. The van der Waals surface area contributed by atoms with Crippen molar-refractivity contribution in [3.8, 4) is 5.69 Å². The number of nitrogens with one attached hydrogen (secondary N) is 2. The fraction of sp³-hybridized carbons (Fsp3) is 0.200. The van der Waals surface area contributed by atoms with Crippen LogP contribution in [0.2, 0.25) is 0 Å². The maximum absolute atomic E-state index is 13.4. The first-order valence-electron chi connectivity index (χ1n) is 12.1. The summed E-state index contributed by atoms with van der Waals surface area (Å²) in [6.07, 6.45) is -9.41. The molecule has 18 heteroatoms. The summed E-state index contributed by atoms with van der Waals surface area (Å²) >= 11 is 0. The molecule has 1 fully saturated rings. The Hall–Kier alpha value is -4.16. The minimum Gasteiger partial charge on any atom is -0.295 e. The number of hydrogen-bond donors (Lipinski definition) is 2. The van der Waals surface area contributed by atoms with E-state index in [-0.39, 0.29) is 28.2 Å². The minimum absolute atomic E-state index is 0.0315. The molecule has 0 unspecified atom stereocenters. The fourth-order valence-corrected chi connectivity index (χ4v) is 6.55. The molecule has 10 nitrogen and oxygen atoms in total. The van der Waals surface area contributed by atoms with Crippen molar-refractivity contribution in [2.24, 2.45) is 0 Å². The molecule has 0 aliphatic carbocycles. The molecule has 1 amide bonds. The molecule has 43 heavy (non-hydrogen) atoms. The number of imidazole rings is 1. The van der Waals surface area contributed by atoms with Gasteiger partial charge in [-0.1, -0.05) is 6.07 Å². The van der Waals surface area contributed by atoms with Crippen LogP contribution in [-0.4, -0.2) is 38.8 Å². The highest BCUT2D eigenvalue weighted by atomic mass is 32.2. The van der Waals surface area contributed by atoms with Crippen molar-refractivity contribution in [1.82, 2.24) is 19.0 Å². The van der Waals surface area contributed by atoms with Crippen molar-refractivity contribution in [3.63, 3.8) is 0 Å². The number of benzene rings is 3. The number of hydrogen-bond acceptors (Lipinski definition) is 6. The standard InChI is InChI=1S/C25H19F6N5O5S2/c1-14-2-6-17(35-13-23(37)34-43(35,40)41)11-21(14)36-20-9-5-16(25(29,30)31)10-19(20)33-22(36)12-32-42(38,39)18-7-3-15(4-8-18)24(26,27)28/h2-11,32H,12-13H2,1H3,(H,34,37). The molecule has 0 radical (unpaired) electrons. The van der Waals surface area contributed by atoms with E-state index in [4.69, 9.17) is 0 Å². The number of aromatic nitrogens is 2. The lowest BCUT2D eigenvalue weighted by atomic mass is 10.1. The highest BCUT2D eigenvalue weighted by Gasteiger charge is 2.35. The Morgan fingerprint density at radius 3 is 2.14 bits per heavy atom. The monoisotopic (exact) mass is 647 g/mol. The first-order valence-corrected chi connectivity index (χ1v) is 15.0. The highest BCUT2D eigenvalue weighted by molar-refractivity contribution is 7.92. The van der Waals surface area contributed by atoms with Gasteiger partial charge in [-0.2, -0.15) is 34.8 Å². The van der Waals surface area contributed by atoms with Gasteiger partial charge in [0.15, 0.2) is 0 Å². The molecule has 2 N–H and O–H groups in total. The van der Waals surface area contributed by atoms with Gasteiger partial charge in [0.05, 0.1) is 45.0 Å². The van der Waals surface area contributed by atoms with Crippen LogP contribution in [0.3, 0.4) is 0 Å². The van der Waals surface area contributed by atoms with Gasteiger partial charge in [0, 0.05) is 0 Å². The number of aryl methyl sites for hydroxylation is 1. The van der Waals surface area contributed by atoms with Crippen molar-refractivity contribution in [3.05, 3.63) is 83.2 Å². The molecule has 5 rings (SSSR count). The van der Waals surface area contributed by atoms with Crippen molar-refractivity contribution in [2.45, 2.75) is 30.7 Å². The van der Waals surface area contributed by atoms with Crippen LogP contribution in [0.5, 0.6) is 0 Å². The van der Waals surface area contributed by atoms with Gasteiger partial charge in [0.1, 0.15) is 12.4 Å². The lowest BCUT2D eigenvalue weighted by molar-refractivity contribution is -0.138. The van der Waals surface area contributed by atoms with Crippen LogP contribution in [0.15, 0.2) is 65.6 Å². The number of sulfonamides is 1. The third-order valence-corrected chi connectivity index (χ3v) is 9.33. The predicted molar refractivity (Wildman–Crippen MR) is 141 cm³/mol. The van der Waals surface area contributed by atoms with Gasteiger partial charge >= 0.3 is 22.6 Å². The largest absolute Gasteiger partial charge is 0.416 e. The van der Waals surface area contributed by atoms with Crippen molar-refractivity contribution < 1.29 is 48.0 Å². The van der Waals surface area contributed by atoms with E-state index in [1.807, 2.05) is 4.72 Å². The van der Waals surface area contributed by atoms with Crippen LogP contribution in [0.25, 0.3) is 16.7 Å². The molecule has 4 aromatic rings. The smallest absolute Gasteiger partial charge is 0.295 e. The quantitative estimate of drug-likeness (QED) is 0.304. The SMILES string of the molecule is Cc1ccc(N2CC(=O)NS2(=O)=O)cc1-n1c(CNS(=O)(=O)c2ccc(C(F)(F)F)cc2)nc2cc(C(F)(F)F)ccc21. The number of anilines is 1. The third kappa shape index (κ3) is 5.89. The second-order valence-electron chi connectivity index (χ2n) is 9.42. The number of amides is 1. The van der Waals surface area contributed by atoms with Gasteiger partial charge in [0.25, 0.3) is 5.91 Å². The second kappa shape index (κ2) is 10.2. The first kappa shape index (κ1) is 30.3. The van der Waals surface area contributed by atoms with E-state index in [0.717, 1.165) is 34.6 Å². The summed E-state index contributed by atoms with van der Waals surface area (Å²) in [6.45, 7) is 0.461. The van der Waals surface area contributed by atoms with Gasteiger partial charge in [-0.15, -0.1) is 0 Å². The summed E-state index contributed by atoms with van der Waals surface area (Å²) in [4.78, 5) is 15.5. The number of carbonyl (C=O) groups is 1. The van der Waals surface area contributed by atoms with Gasteiger partial charge in [-0.25, -0.2) is 27.2 Å². The normalized spacial score (nSPS) is 15.7. The lowest BCUT2D eigenvalue weighted by Gasteiger charge is -2.19. The molecule has 1 saturated heterocycles. The van der Waals surface area contributed by atoms with Gasteiger partial charge in [-0.05, 0) is 67.1 Å². The maximum atomic E-state index is 13.4. The highest BCUT2D eigenvalue weighted by Crippen LogP contribution is 2.34. The Balaban J connectivity index is 1.60. The number of halogens is 6. The summed E-state index contributed by atoms with van der Waals surface area (Å²) in [5.41, 5.74) is -1.45. The second-order valence-corrected chi connectivity index (χ2v) is 12.8. The molecule has 228 valence electrons. The summed E-state index contributed by atoms with van der Waals surface area (Å²) in [5, 5.41) is 0. The molecule has 1 aliphatic heterocycles. The average Bonchev–Trinajstić information content (AvgIpc) is 3.41. The summed E-state index contributed by atoms with van der Waals surface area (Å²) in [7, 11) is -8.64. The van der Waals surface area contributed by atoms with Crippen LogP contribution < -0.4 is 13.7 Å². The fourth-order valence-electron chi connectivity index (χ4n) is 4.43. The Morgan fingerprint density at radius 2 is 1.56 bits per heavy atom. The van der Waals surface area contributed by atoms with Gasteiger partial charge < -0.3 is 0 Å². The molecule has 2 heterocycles. The van der Waals surface area contributed by atoms with Crippen molar-refractivity contribution in [2.75, 3.05) is 10.8 Å². The lowest BCUT2D eigenvalue weighted by Crippen LogP contribution is -2.29. The number of fused-ring (bicyclic) bond motifs is 1. The van der Waals surface area contributed by atoms with E-state index in [1.54, 1.807) is 6.92 Å². The first-order chi connectivity index (χ1) is 19.9. The van der Waals surface area contributed by atoms with Crippen LogP contribution in [0, 0.1) is 6.92 Å². The summed E-state index contributed by atoms with van der Waals surface area (Å²) < 4.78 is 136. The Morgan fingerprint density at radius 1 is 0.930 bits per heavy atom. The van der Waals surface area contributed by atoms with Crippen LogP contribution >= 0.6 is 0 Å². The summed E-state index contributed by atoms with van der Waals surface area (Å²) in [5.74, 6) is -0.906.